The molecule has 0 fully saturated rings. The highest BCUT2D eigenvalue weighted by Crippen LogP contribution is 2.26. The van der Waals surface area contributed by atoms with E-state index in [2.05, 4.69) is 27.8 Å². The lowest BCUT2D eigenvalue weighted by molar-refractivity contribution is 0.0992. The molecule has 4 heterocycles. The van der Waals surface area contributed by atoms with Crippen molar-refractivity contribution in [2.24, 2.45) is 11.5 Å². The molecule has 0 aliphatic rings. The molecule has 0 saturated heterocycles. The van der Waals surface area contributed by atoms with E-state index >= 15 is 0 Å². The molecule has 2 aromatic carbocycles. The van der Waals surface area contributed by atoms with E-state index in [0.29, 0.717) is 90.9 Å². The standard InChI is InChI=1S/C38H46N12O4/c1-6-11-26-23(5)46-49(8-3)32(26)36(54)44-38-42-28-21-25(34(40)52)13-15-30(28)48(38)18-10-9-17-47-29-14-12-24(33(39)51)20-27(29)41-37(47)43-35(53)31-19-22(4)45-50(31)16-7-2/h12-15,19-21H,6-11,16-18H2,1-5H3,(H2,39,51)(H2,40,52)(H,41,43,53)(H,42,44,54). The Morgan fingerprint density at radius 1 is 0.685 bits per heavy atom. The number of carbonyl (C=O) groups is 4. The normalized spacial score (nSPS) is 11.4. The molecule has 0 unspecified atom stereocenters. The summed E-state index contributed by atoms with van der Waals surface area (Å²) in [4.78, 5) is 60.8. The third kappa shape index (κ3) is 7.44. The van der Waals surface area contributed by atoms with Crippen molar-refractivity contribution in [2.75, 3.05) is 10.6 Å². The number of fused-ring (bicyclic) bond motifs is 2. The highest BCUT2D eigenvalue weighted by atomic mass is 16.2. The average molecular weight is 735 g/mol. The van der Waals surface area contributed by atoms with Crippen LogP contribution < -0.4 is 22.1 Å². The van der Waals surface area contributed by atoms with Crippen LogP contribution in [0.5, 0.6) is 0 Å². The van der Waals surface area contributed by atoms with E-state index in [-0.39, 0.29) is 11.8 Å². The van der Waals surface area contributed by atoms with Crippen molar-refractivity contribution in [3.63, 3.8) is 0 Å². The molecule has 16 heteroatoms. The predicted molar refractivity (Wildman–Crippen MR) is 206 cm³/mol. The van der Waals surface area contributed by atoms with Crippen molar-refractivity contribution in [3.05, 3.63) is 81.9 Å². The highest BCUT2D eigenvalue weighted by Gasteiger charge is 2.24. The van der Waals surface area contributed by atoms with Gasteiger partial charge in [0.25, 0.3) is 11.8 Å². The Balaban J connectivity index is 1.28. The van der Waals surface area contributed by atoms with Gasteiger partial charge in [-0.2, -0.15) is 10.2 Å². The fourth-order valence-corrected chi connectivity index (χ4v) is 6.84. The number of unbranched alkanes of at least 4 members (excludes halogenated alkanes) is 1. The number of nitrogens with two attached hydrogens (primary N) is 2. The molecule has 16 nitrogen and oxygen atoms in total. The van der Waals surface area contributed by atoms with E-state index in [9.17, 15) is 19.2 Å². The van der Waals surface area contributed by atoms with Gasteiger partial charge in [-0.05, 0) is 88.9 Å². The molecule has 4 amide bonds. The molecule has 0 atom stereocenters. The molecule has 282 valence electrons. The van der Waals surface area contributed by atoms with Gasteiger partial charge >= 0.3 is 0 Å². The van der Waals surface area contributed by atoms with E-state index < -0.39 is 11.8 Å². The Kier molecular flexibility index (Phi) is 10.9. The summed E-state index contributed by atoms with van der Waals surface area (Å²) in [5.41, 5.74) is 17.6. The molecular formula is C38H46N12O4. The topological polar surface area (TPSA) is 216 Å². The number of benzene rings is 2. The number of hydrogen-bond acceptors (Lipinski definition) is 8. The highest BCUT2D eigenvalue weighted by molar-refractivity contribution is 6.05. The second kappa shape index (κ2) is 15.7. The Hall–Kier alpha value is -6.32. The summed E-state index contributed by atoms with van der Waals surface area (Å²) in [5.74, 6) is -1.16. The van der Waals surface area contributed by atoms with E-state index in [0.717, 1.165) is 40.8 Å². The summed E-state index contributed by atoms with van der Waals surface area (Å²) in [7, 11) is 0. The lowest BCUT2D eigenvalue weighted by atomic mass is 10.1. The molecule has 0 radical (unpaired) electrons. The molecular weight excluding hydrogens is 688 g/mol. The predicted octanol–water partition coefficient (Wildman–Crippen LogP) is 4.96. The number of carbonyl (C=O) groups excluding carboxylic acids is 4. The molecule has 0 bridgehead atoms. The molecule has 0 saturated carbocycles. The first kappa shape index (κ1) is 37.4. The van der Waals surface area contributed by atoms with E-state index in [1.165, 1.54) is 0 Å². The zero-order valence-electron chi connectivity index (χ0n) is 31.3. The first-order valence-corrected chi connectivity index (χ1v) is 18.3. The van der Waals surface area contributed by atoms with Crippen molar-refractivity contribution in [3.8, 4) is 0 Å². The maximum absolute atomic E-state index is 13.9. The second-order valence-corrected chi connectivity index (χ2v) is 13.3. The molecule has 54 heavy (non-hydrogen) atoms. The van der Waals surface area contributed by atoms with Gasteiger partial charge in [-0.15, -0.1) is 0 Å². The summed E-state index contributed by atoms with van der Waals surface area (Å²) in [6.45, 7) is 11.8. The van der Waals surface area contributed by atoms with Crippen LogP contribution in [0.4, 0.5) is 11.9 Å². The molecule has 0 aliphatic heterocycles. The molecule has 0 spiro atoms. The van der Waals surface area contributed by atoms with E-state index in [4.69, 9.17) is 21.4 Å². The third-order valence-corrected chi connectivity index (χ3v) is 9.37. The van der Waals surface area contributed by atoms with Gasteiger partial charge in [-0.25, -0.2) is 9.97 Å². The van der Waals surface area contributed by atoms with Gasteiger partial charge in [0, 0.05) is 42.9 Å². The first-order valence-electron chi connectivity index (χ1n) is 18.3. The fourth-order valence-electron chi connectivity index (χ4n) is 6.84. The van der Waals surface area contributed by atoms with Gasteiger partial charge in [0.2, 0.25) is 23.7 Å². The number of anilines is 2. The Morgan fingerprint density at radius 3 is 1.74 bits per heavy atom. The molecule has 6 aromatic rings. The third-order valence-electron chi connectivity index (χ3n) is 9.37. The minimum Gasteiger partial charge on any atom is -0.366 e. The summed E-state index contributed by atoms with van der Waals surface area (Å²) in [5, 5.41) is 15.1. The van der Waals surface area contributed by atoms with Crippen molar-refractivity contribution in [2.45, 2.75) is 92.9 Å². The number of nitrogens with one attached hydrogen (secondary N) is 2. The maximum atomic E-state index is 13.9. The van der Waals surface area contributed by atoms with Gasteiger partial charge in [0.05, 0.1) is 33.5 Å². The average Bonchev–Trinajstić information content (AvgIpc) is 3.87. The van der Waals surface area contributed by atoms with Crippen LogP contribution >= 0.6 is 0 Å². The van der Waals surface area contributed by atoms with Crippen LogP contribution in [0, 0.1) is 13.8 Å². The number of rotatable bonds is 16. The lowest BCUT2D eigenvalue weighted by Gasteiger charge is -2.13. The van der Waals surface area contributed by atoms with Crippen LogP contribution in [-0.2, 0) is 32.6 Å². The smallest absolute Gasteiger partial charge is 0.276 e. The number of primary amides is 2. The molecule has 0 aliphatic carbocycles. The number of nitrogens with zero attached hydrogens (tertiary/aromatic N) is 8. The van der Waals surface area contributed by atoms with Gasteiger partial charge in [0.1, 0.15) is 11.4 Å². The Labute approximate surface area is 311 Å². The van der Waals surface area contributed by atoms with Crippen molar-refractivity contribution < 1.29 is 19.2 Å². The number of aromatic nitrogens is 8. The Morgan fingerprint density at radius 2 is 1.24 bits per heavy atom. The van der Waals surface area contributed by atoms with Crippen LogP contribution in [0.2, 0.25) is 0 Å². The van der Waals surface area contributed by atoms with Gasteiger partial charge < -0.3 is 20.6 Å². The minimum atomic E-state index is -0.578. The van der Waals surface area contributed by atoms with E-state index in [1.54, 1.807) is 51.8 Å². The van der Waals surface area contributed by atoms with Crippen LogP contribution in [0.1, 0.15) is 105 Å². The summed E-state index contributed by atoms with van der Waals surface area (Å²) in [6, 6.07) is 11.8. The van der Waals surface area contributed by atoms with Gasteiger partial charge in [0.15, 0.2) is 0 Å². The second-order valence-electron chi connectivity index (χ2n) is 13.3. The quantitative estimate of drug-likeness (QED) is 0.0995. The first-order chi connectivity index (χ1) is 25.9. The number of amides is 4. The minimum absolute atomic E-state index is 0.307. The number of aryl methyl sites for hydroxylation is 6. The Bertz CT molecular complexity index is 2400. The number of imidazole rings is 2. The van der Waals surface area contributed by atoms with Gasteiger partial charge in [-0.3, -0.25) is 39.2 Å². The van der Waals surface area contributed by atoms with Crippen LogP contribution in [-0.4, -0.2) is 62.3 Å². The zero-order valence-corrected chi connectivity index (χ0v) is 31.3. The molecule has 4 aromatic heterocycles. The SMILES string of the molecule is CCCc1c(C)nn(CC)c1C(=O)Nc1nc2cc(C(N)=O)ccc2n1CCCCn1c(NC(=O)c2cc(C)nn2CCC)nc2cc(C(N)=O)ccc21. The van der Waals surface area contributed by atoms with Crippen LogP contribution in [0.15, 0.2) is 42.5 Å². The fraction of sp³-hybridized carbons (Fsp3) is 0.368. The van der Waals surface area contributed by atoms with Crippen LogP contribution in [0.3, 0.4) is 0 Å². The molecule has 6 N–H and O–H groups in total. The molecule has 6 rings (SSSR count). The summed E-state index contributed by atoms with van der Waals surface area (Å²) < 4.78 is 7.22. The lowest BCUT2D eigenvalue weighted by Crippen LogP contribution is -2.21. The number of hydrogen-bond donors (Lipinski definition) is 4. The van der Waals surface area contributed by atoms with Crippen molar-refractivity contribution >= 4 is 57.6 Å². The maximum Gasteiger partial charge on any atom is 0.276 e. The summed E-state index contributed by atoms with van der Waals surface area (Å²) in [6.07, 6.45) is 3.65. The summed E-state index contributed by atoms with van der Waals surface area (Å²) >= 11 is 0. The van der Waals surface area contributed by atoms with E-state index in [1.807, 2.05) is 36.8 Å². The zero-order chi connectivity index (χ0) is 38.7. The van der Waals surface area contributed by atoms with Gasteiger partial charge in [-0.1, -0.05) is 20.3 Å². The largest absolute Gasteiger partial charge is 0.366 e. The van der Waals surface area contributed by atoms with Crippen molar-refractivity contribution in [1.82, 2.24) is 38.7 Å². The van der Waals surface area contributed by atoms with Crippen molar-refractivity contribution in [1.29, 1.82) is 0 Å². The monoisotopic (exact) mass is 734 g/mol. The van der Waals surface area contributed by atoms with Crippen LogP contribution in [0.25, 0.3) is 22.1 Å².